The molecule has 20 heavy (non-hydrogen) atoms. The second kappa shape index (κ2) is 8.93. The van der Waals surface area contributed by atoms with Crippen molar-refractivity contribution in [1.82, 2.24) is 5.32 Å². The molecule has 0 heterocycles. The number of carbonyl (C=O) groups excluding carboxylic acids is 1. The van der Waals surface area contributed by atoms with Gasteiger partial charge < -0.3 is 11.1 Å². The fourth-order valence-corrected chi connectivity index (χ4v) is 4.41. The molecule has 2 atom stereocenters. The van der Waals surface area contributed by atoms with E-state index in [1.54, 1.807) is 0 Å². The Morgan fingerprint density at radius 3 is 2.75 bits per heavy atom. The van der Waals surface area contributed by atoms with Crippen molar-refractivity contribution < 1.29 is 4.79 Å². The summed E-state index contributed by atoms with van der Waals surface area (Å²) in [5.74, 6) is 2.68. The lowest BCUT2D eigenvalue weighted by Gasteiger charge is -2.35. The van der Waals surface area contributed by atoms with Gasteiger partial charge in [-0.3, -0.25) is 4.79 Å². The Balaban J connectivity index is 2.43. The first kappa shape index (κ1) is 17.8. The molecule has 1 fully saturated rings. The van der Waals surface area contributed by atoms with Crippen LogP contribution in [0, 0.1) is 5.92 Å². The smallest absolute Gasteiger partial charge is 0.238 e. The van der Waals surface area contributed by atoms with Gasteiger partial charge in [-0.1, -0.05) is 26.2 Å². The van der Waals surface area contributed by atoms with Crippen molar-refractivity contribution in [2.24, 2.45) is 11.7 Å². The number of hydrogen-bond donors (Lipinski definition) is 2. The third kappa shape index (κ3) is 4.96. The molecule has 1 saturated carbocycles. The molecule has 3 N–H and O–H groups in total. The molecule has 0 aliphatic heterocycles. The Hall–Kier alpha value is -0.220. The Morgan fingerprint density at radius 1 is 1.40 bits per heavy atom. The van der Waals surface area contributed by atoms with Crippen molar-refractivity contribution in [2.45, 2.75) is 77.3 Å². The van der Waals surface area contributed by atoms with E-state index in [0.29, 0.717) is 12.0 Å². The minimum absolute atomic E-state index is 0.148. The van der Waals surface area contributed by atoms with Gasteiger partial charge in [0.15, 0.2) is 0 Å². The standard InChI is InChI=1S/C16H32N2OS/c1-4-5-6-11-20-12-9-14-8-7-10-16(14,15(17)19)18-13(2)3/h13-14,18H,4-12H2,1-3H3,(H2,17,19). The molecular weight excluding hydrogens is 268 g/mol. The van der Waals surface area contributed by atoms with Crippen LogP contribution >= 0.6 is 11.8 Å². The summed E-state index contributed by atoms with van der Waals surface area (Å²) in [6.07, 6.45) is 8.21. The largest absolute Gasteiger partial charge is 0.368 e. The van der Waals surface area contributed by atoms with Crippen LogP contribution in [0.3, 0.4) is 0 Å². The monoisotopic (exact) mass is 300 g/mol. The summed E-state index contributed by atoms with van der Waals surface area (Å²) >= 11 is 2.03. The third-order valence-corrected chi connectivity index (χ3v) is 5.41. The number of rotatable bonds is 10. The van der Waals surface area contributed by atoms with Crippen LogP contribution in [0.1, 0.15) is 65.7 Å². The van der Waals surface area contributed by atoms with Crippen molar-refractivity contribution >= 4 is 17.7 Å². The number of hydrogen-bond acceptors (Lipinski definition) is 3. The molecule has 0 spiro atoms. The molecule has 0 bridgehead atoms. The van der Waals surface area contributed by atoms with Crippen molar-refractivity contribution in [3.8, 4) is 0 Å². The van der Waals surface area contributed by atoms with Gasteiger partial charge >= 0.3 is 0 Å². The van der Waals surface area contributed by atoms with Crippen LogP contribution in [-0.4, -0.2) is 29.0 Å². The van der Waals surface area contributed by atoms with Gasteiger partial charge in [-0.05, 0) is 57.0 Å². The molecule has 1 aliphatic rings. The number of amides is 1. The first-order chi connectivity index (χ1) is 9.53. The zero-order chi connectivity index (χ0) is 15.0. The van der Waals surface area contributed by atoms with Crippen molar-refractivity contribution in [2.75, 3.05) is 11.5 Å². The van der Waals surface area contributed by atoms with E-state index in [-0.39, 0.29) is 5.91 Å². The van der Waals surface area contributed by atoms with Crippen LogP contribution in [0.2, 0.25) is 0 Å². The lowest BCUT2D eigenvalue weighted by Crippen LogP contribution is -2.60. The van der Waals surface area contributed by atoms with Gasteiger partial charge in [0.2, 0.25) is 5.91 Å². The van der Waals surface area contributed by atoms with E-state index >= 15 is 0 Å². The first-order valence-corrected chi connectivity index (χ1v) is 9.33. The predicted molar refractivity (Wildman–Crippen MR) is 89.0 cm³/mol. The van der Waals surface area contributed by atoms with E-state index in [2.05, 4.69) is 26.1 Å². The van der Waals surface area contributed by atoms with E-state index in [0.717, 1.165) is 31.4 Å². The highest BCUT2D eigenvalue weighted by atomic mass is 32.2. The topological polar surface area (TPSA) is 55.1 Å². The highest BCUT2D eigenvalue weighted by Gasteiger charge is 2.47. The molecule has 118 valence electrons. The van der Waals surface area contributed by atoms with Gasteiger partial charge in [0, 0.05) is 6.04 Å². The van der Waals surface area contributed by atoms with Crippen LogP contribution in [0.4, 0.5) is 0 Å². The Bertz CT molecular complexity index is 296. The Morgan fingerprint density at radius 2 is 2.15 bits per heavy atom. The van der Waals surface area contributed by atoms with Gasteiger partial charge in [0.25, 0.3) is 0 Å². The zero-order valence-corrected chi connectivity index (χ0v) is 14.2. The molecule has 1 rings (SSSR count). The maximum Gasteiger partial charge on any atom is 0.238 e. The van der Waals surface area contributed by atoms with E-state index in [4.69, 9.17) is 5.73 Å². The van der Waals surface area contributed by atoms with Crippen LogP contribution in [0.5, 0.6) is 0 Å². The average Bonchev–Trinajstić information content (AvgIpc) is 2.77. The second-order valence-corrected chi connectivity index (χ2v) is 7.56. The van der Waals surface area contributed by atoms with E-state index in [9.17, 15) is 4.79 Å². The van der Waals surface area contributed by atoms with Crippen LogP contribution < -0.4 is 11.1 Å². The second-order valence-electron chi connectivity index (χ2n) is 6.33. The van der Waals surface area contributed by atoms with Gasteiger partial charge in [0.1, 0.15) is 5.54 Å². The van der Waals surface area contributed by atoms with E-state index in [1.165, 1.54) is 25.0 Å². The maximum atomic E-state index is 12.0. The van der Waals surface area contributed by atoms with E-state index in [1.807, 2.05) is 11.8 Å². The predicted octanol–water partition coefficient (Wildman–Crippen LogP) is 3.32. The lowest BCUT2D eigenvalue weighted by atomic mass is 9.83. The summed E-state index contributed by atoms with van der Waals surface area (Å²) in [5, 5.41) is 3.48. The molecule has 3 nitrogen and oxygen atoms in total. The van der Waals surface area contributed by atoms with Gasteiger partial charge in [0.05, 0.1) is 0 Å². The number of thioether (sulfide) groups is 1. The van der Waals surface area contributed by atoms with Crippen LogP contribution in [-0.2, 0) is 4.79 Å². The number of nitrogens with one attached hydrogen (secondary N) is 1. The molecule has 0 aromatic heterocycles. The molecule has 2 unspecified atom stereocenters. The van der Waals surface area contributed by atoms with Gasteiger partial charge in [-0.25, -0.2) is 0 Å². The molecular formula is C16H32N2OS. The first-order valence-electron chi connectivity index (χ1n) is 8.18. The molecule has 0 aromatic carbocycles. The summed E-state index contributed by atoms with van der Waals surface area (Å²) in [7, 11) is 0. The van der Waals surface area contributed by atoms with Crippen molar-refractivity contribution in [3.05, 3.63) is 0 Å². The van der Waals surface area contributed by atoms with Crippen molar-refractivity contribution in [3.63, 3.8) is 0 Å². The number of primary amides is 1. The molecule has 1 amide bonds. The third-order valence-electron chi connectivity index (χ3n) is 4.31. The Labute approximate surface area is 128 Å². The van der Waals surface area contributed by atoms with Crippen LogP contribution in [0.15, 0.2) is 0 Å². The summed E-state index contributed by atoms with van der Waals surface area (Å²) in [5.41, 5.74) is 5.29. The molecule has 0 radical (unpaired) electrons. The molecule has 1 aliphatic carbocycles. The number of carbonyl (C=O) groups is 1. The highest BCUT2D eigenvalue weighted by Crippen LogP contribution is 2.39. The summed E-state index contributed by atoms with van der Waals surface area (Å²) < 4.78 is 0. The summed E-state index contributed by atoms with van der Waals surface area (Å²) in [4.78, 5) is 12.0. The lowest BCUT2D eigenvalue weighted by molar-refractivity contribution is -0.126. The molecule has 0 aromatic rings. The Kier molecular flexibility index (Phi) is 7.96. The minimum atomic E-state index is -0.446. The summed E-state index contributed by atoms with van der Waals surface area (Å²) in [6, 6.07) is 0.306. The number of unbranched alkanes of at least 4 members (excludes halogenated alkanes) is 2. The minimum Gasteiger partial charge on any atom is -0.368 e. The van der Waals surface area contributed by atoms with Gasteiger partial charge in [-0.2, -0.15) is 11.8 Å². The number of nitrogens with two attached hydrogens (primary N) is 1. The fourth-order valence-electron chi connectivity index (χ4n) is 3.35. The van der Waals surface area contributed by atoms with Crippen LogP contribution in [0.25, 0.3) is 0 Å². The zero-order valence-electron chi connectivity index (χ0n) is 13.4. The normalized spacial score (nSPS) is 26.3. The average molecular weight is 301 g/mol. The van der Waals surface area contributed by atoms with Crippen molar-refractivity contribution in [1.29, 1.82) is 0 Å². The molecule has 0 saturated heterocycles. The highest BCUT2D eigenvalue weighted by molar-refractivity contribution is 7.99. The molecule has 4 heteroatoms. The maximum absolute atomic E-state index is 12.0. The van der Waals surface area contributed by atoms with Gasteiger partial charge in [-0.15, -0.1) is 0 Å². The summed E-state index contributed by atoms with van der Waals surface area (Å²) in [6.45, 7) is 6.43. The SMILES string of the molecule is CCCCCSCCC1CCCC1(NC(C)C)C(N)=O. The van der Waals surface area contributed by atoms with E-state index < -0.39 is 5.54 Å². The fraction of sp³-hybridized carbons (Fsp3) is 0.938. The quantitative estimate of drug-likeness (QED) is 0.609.